The molecule has 0 aliphatic heterocycles. The SMILES string of the molecule is CCOCCN(CC)C(=O)c1cc(S(=O)(=O)Cl)cn1CC. The molecule has 0 unspecified atom stereocenters. The highest BCUT2D eigenvalue weighted by molar-refractivity contribution is 8.13. The number of aryl methyl sites for hydroxylation is 1. The summed E-state index contributed by atoms with van der Waals surface area (Å²) >= 11 is 0. The Kier molecular flexibility index (Phi) is 6.70. The second-order valence-corrected chi connectivity index (χ2v) is 6.93. The van der Waals surface area contributed by atoms with Crippen molar-refractivity contribution in [3.05, 3.63) is 18.0 Å². The van der Waals surface area contributed by atoms with Crippen LogP contribution in [0.15, 0.2) is 17.2 Å². The van der Waals surface area contributed by atoms with E-state index in [1.807, 2.05) is 20.8 Å². The van der Waals surface area contributed by atoms with Crippen molar-refractivity contribution in [1.82, 2.24) is 9.47 Å². The molecule has 0 aromatic carbocycles. The Bertz CT molecular complexity index is 583. The topological polar surface area (TPSA) is 68.6 Å². The van der Waals surface area contributed by atoms with Crippen LogP contribution in [0.1, 0.15) is 31.3 Å². The maximum atomic E-state index is 12.5. The molecule has 0 aliphatic rings. The molecule has 1 rings (SSSR count). The van der Waals surface area contributed by atoms with Crippen LogP contribution in [0.2, 0.25) is 0 Å². The number of hydrogen-bond donors (Lipinski definition) is 0. The van der Waals surface area contributed by atoms with E-state index in [0.29, 0.717) is 38.5 Å². The van der Waals surface area contributed by atoms with Crippen LogP contribution in [0.4, 0.5) is 0 Å². The predicted molar refractivity (Wildman–Crippen MR) is 81.2 cm³/mol. The van der Waals surface area contributed by atoms with Gasteiger partial charge in [-0.3, -0.25) is 4.79 Å². The number of ether oxygens (including phenoxy) is 1. The Labute approximate surface area is 130 Å². The highest BCUT2D eigenvalue weighted by Crippen LogP contribution is 2.19. The van der Waals surface area contributed by atoms with Gasteiger partial charge in [0, 0.05) is 43.1 Å². The van der Waals surface area contributed by atoms with Gasteiger partial charge in [0.1, 0.15) is 10.6 Å². The van der Waals surface area contributed by atoms with E-state index in [4.69, 9.17) is 15.4 Å². The van der Waals surface area contributed by atoms with Crippen molar-refractivity contribution in [2.45, 2.75) is 32.2 Å². The van der Waals surface area contributed by atoms with Crippen molar-refractivity contribution < 1.29 is 17.9 Å². The molecule has 1 aromatic rings. The summed E-state index contributed by atoms with van der Waals surface area (Å²) in [6, 6.07) is 1.32. The summed E-state index contributed by atoms with van der Waals surface area (Å²) in [5.41, 5.74) is 0.315. The van der Waals surface area contributed by atoms with Gasteiger partial charge in [-0.25, -0.2) is 8.42 Å². The molecule has 0 spiro atoms. The molecule has 0 atom stereocenters. The quantitative estimate of drug-likeness (QED) is 0.537. The normalized spacial score (nSPS) is 11.6. The average Bonchev–Trinajstić information content (AvgIpc) is 2.87. The Morgan fingerprint density at radius 2 is 2.05 bits per heavy atom. The smallest absolute Gasteiger partial charge is 0.270 e. The van der Waals surface area contributed by atoms with E-state index in [1.54, 1.807) is 9.47 Å². The zero-order valence-corrected chi connectivity index (χ0v) is 14.1. The Hall–Kier alpha value is -1.05. The third-order valence-corrected chi connectivity index (χ3v) is 4.41. The van der Waals surface area contributed by atoms with Crippen LogP contribution in [0.3, 0.4) is 0 Å². The van der Waals surface area contributed by atoms with Crippen LogP contribution in [0, 0.1) is 0 Å². The number of carbonyl (C=O) groups excluding carboxylic acids is 1. The lowest BCUT2D eigenvalue weighted by Gasteiger charge is -2.21. The molecule has 0 aliphatic carbocycles. The van der Waals surface area contributed by atoms with Crippen molar-refractivity contribution >= 4 is 25.6 Å². The molecular formula is C13H21ClN2O4S. The second-order valence-electron chi connectivity index (χ2n) is 4.37. The number of carbonyl (C=O) groups is 1. The van der Waals surface area contributed by atoms with Gasteiger partial charge in [-0.15, -0.1) is 0 Å². The second kappa shape index (κ2) is 7.82. The van der Waals surface area contributed by atoms with Crippen LogP contribution in [0.5, 0.6) is 0 Å². The highest BCUT2D eigenvalue weighted by atomic mass is 35.7. The summed E-state index contributed by atoms with van der Waals surface area (Å²) in [5.74, 6) is -0.231. The van der Waals surface area contributed by atoms with E-state index < -0.39 is 9.05 Å². The highest BCUT2D eigenvalue weighted by Gasteiger charge is 2.22. The van der Waals surface area contributed by atoms with E-state index in [0.717, 1.165) is 0 Å². The third kappa shape index (κ3) is 4.72. The standard InChI is InChI=1S/C13H21ClN2O4S/c1-4-15(7-8-20-6-3)13(17)12-9-11(21(14,18)19)10-16(12)5-2/h9-10H,4-8H2,1-3H3. The minimum absolute atomic E-state index is 0.0600. The molecule has 0 saturated carbocycles. The zero-order chi connectivity index (χ0) is 16.0. The molecule has 120 valence electrons. The fourth-order valence-electron chi connectivity index (χ4n) is 1.94. The molecule has 0 N–H and O–H groups in total. The molecule has 1 aromatic heterocycles. The number of likely N-dealkylation sites (N-methyl/N-ethyl adjacent to an activating group) is 1. The predicted octanol–water partition coefficient (Wildman–Crippen LogP) is 1.93. The average molecular weight is 337 g/mol. The van der Waals surface area contributed by atoms with Crippen molar-refractivity contribution in [2.24, 2.45) is 0 Å². The van der Waals surface area contributed by atoms with E-state index in [9.17, 15) is 13.2 Å². The van der Waals surface area contributed by atoms with E-state index >= 15 is 0 Å². The summed E-state index contributed by atoms with van der Waals surface area (Å²) in [5, 5.41) is 0. The van der Waals surface area contributed by atoms with E-state index in [-0.39, 0.29) is 10.8 Å². The van der Waals surface area contributed by atoms with Gasteiger partial charge in [0.2, 0.25) is 0 Å². The van der Waals surface area contributed by atoms with Crippen LogP contribution in [0.25, 0.3) is 0 Å². The maximum Gasteiger partial charge on any atom is 0.270 e. The lowest BCUT2D eigenvalue weighted by molar-refractivity contribution is 0.0659. The molecule has 0 fully saturated rings. The summed E-state index contributed by atoms with van der Waals surface area (Å²) in [7, 11) is 1.49. The van der Waals surface area contributed by atoms with E-state index in [2.05, 4.69) is 0 Å². The molecule has 1 heterocycles. The summed E-state index contributed by atoms with van der Waals surface area (Å²) < 4.78 is 29.6. The third-order valence-electron chi connectivity index (χ3n) is 3.09. The Balaban J connectivity index is 3.01. The van der Waals surface area contributed by atoms with Crippen molar-refractivity contribution in [2.75, 3.05) is 26.3 Å². The Morgan fingerprint density at radius 1 is 1.38 bits per heavy atom. The monoisotopic (exact) mass is 336 g/mol. The molecule has 0 bridgehead atoms. The number of nitrogens with zero attached hydrogens (tertiary/aromatic N) is 2. The first-order chi connectivity index (χ1) is 9.85. The van der Waals surface area contributed by atoms with Crippen molar-refractivity contribution in [3.63, 3.8) is 0 Å². The van der Waals surface area contributed by atoms with Crippen LogP contribution < -0.4 is 0 Å². The summed E-state index contributed by atoms with van der Waals surface area (Å²) in [4.78, 5) is 14.1. The molecular weight excluding hydrogens is 316 g/mol. The van der Waals surface area contributed by atoms with Crippen LogP contribution in [-0.2, 0) is 20.3 Å². The maximum absolute atomic E-state index is 12.5. The van der Waals surface area contributed by atoms with Gasteiger partial charge in [-0.2, -0.15) is 0 Å². The Morgan fingerprint density at radius 3 is 2.52 bits per heavy atom. The number of amides is 1. The van der Waals surface area contributed by atoms with Crippen molar-refractivity contribution in [1.29, 1.82) is 0 Å². The number of hydrogen-bond acceptors (Lipinski definition) is 4. The minimum Gasteiger partial charge on any atom is -0.380 e. The van der Waals surface area contributed by atoms with Gasteiger partial charge in [-0.1, -0.05) is 0 Å². The number of aromatic nitrogens is 1. The van der Waals surface area contributed by atoms with Gasteiger partial charge in [0.25, 0.3) is 15.0 Å². The summed E-state index contributed by atoms with van der Waals surface area (Å²) in [6.45, 7) is 8.08. The lowest BCUT2D eigenvalue weighted by atomic mass is 10.3. The van der Waals surface area contributed by atoms with Gasteiger partial charge >= 0.3 is 0 Å². The molecule has 8 heteroatoms. The van der Waals surface area contributed by atoms with Gasteiger partial charge in [-0.05, 0) is 26.8 Å². The fraction of sp³-hybridized carbons (Fsp3) is 0.615. The van der Waals surface area contributed by atoms with Gasteiger partial charge in [0.15, 0.2) is 0 Å². The largest absolute Gasteiger partial charge is 0.380 e. The number of halogens is 1. The van der Waals surface area contributed by atoms with Gasteiger partial charge in [0.05, 0.1) is 6.61 Å². The minimum atomic E-state index is -3.85. The van der Waals surface area contributed by atoms with Crippen LogP contribution in [-0.4, -0.2) is 50.1 Å². The van der Waals surface area contributed by atoms with Crippen molar-refractivity contribution in [3.8, 4) is 0 Å². The molecule has 1 amide bonds. The first-order valence-electron chi connectivity index (χ1n) is 6.86. The zero-order valence-electron chi connectivity index (χ0n) is 12.5. The molecule has 21 heavy (non-hydrogen) atoms. The molecule has 0 saturated heterocycles. The van der Waals surface area contributed by atoms with Crippen LogP contribution >= 0.6 is 10.7 Å². The lowest BCUT2D eigenvalue weighted by Crippen LogP contribution is -2.35. The first kappa shape index (κ1) is 18.0. The molecule has 6 nitrogen and oxygen atoms in total. The van der Waals surface area contributed by atoms with E-state index in [1.165, 1.54) is 12.3 Å². The summed E-state index contributed by atoms with van der Waals surface area (Å²) in [6.07, 6.45) is 1.38. The number of rotatable bonds is 8. The fourth-order valence-corrected chi connectivity index (χ4v) is 2.70. The van der Waals surface area contributed by atoms with Gasteiger partial charge < -0.3 is 14.2 Å². The molecule has 0 radical (unpaired) electrons. The first-order valence-corrected chi connectivity index (χ1v) is 9.17.